The lowest BCUT2D eigenvalue weighted by molar-refractivity contribution is 0.671. The number of benzene rings is 10. The third kappa shape index (κ3) is 5.78. The molecule has 0 aliphatic rings. The molecule has 0 aliphatic carbocycles. The van der Waals surface area contributed by atoms with Crippen molar-refractivity contribution in [3.63, 3.8) is 0 Å². The van der Waals surface area contributed by atoms with Crippen molar-refractivity contribution < 1.29 is 4.42 Å². The summed E-state index contributed by atoms with van der Waals surface area (Å²) in [6.45, 7) is 12.7. The molecule has 0 radical (unpaired) electrons. The average molecular weight is 963 g/mol. The Morgan fingerprint density at radius 2 is 0.613 bits per heavy atom. The van der Waals surface area contributed by atoms with Gasteiger partial charge in [0.1, 0.15) is 28.8 Å². The van der Waals surface area contributed by atoms with Crippen molar-refractivity contribution in [2.75, 3.05) is 0 Å². The molecule has 7 heteroatoms. The highest BCUT2D eigenvalue weighted by molar-refractivity contribution is 6.23. The number of fused-ring (bicyclic) bond motifs is 16. The van der Waals surface area contributed by atoms with Crippen LogP contribution in [0.5, 0.6) is 0 Å². The fourth-order valence-electron chi connectivity index (χ4n) is 12.7. The molecule has 0 saturated heterocycles. The number of hydrogen-bond donors (Lipinski definition) is 0. The number of hydrogen-bond acceptors (Lipinski definition) is 3. The summed E-state index contributed by atoms with van der Waals surface area (Å²) >= 11 is 0. The van der Waals surface area contributed by atoms with Crippen molar-refractivity contribution in [1.29, 1.82) is 10.5 Å². The molecule has 0 atom stereocenters. The molecule has 0 amide bonds. The minimum Gasteiger partial charge on any atom is -0.454 e. The highest BCUT2D eigenvalue weighted by Gasteiger charge is 2.35. The molecule has 0 bridgehead atoms. The van der Waals surface area contributed by atoms with E-state index in [-0.39, 0.29) is 0 Å². The smallest absolute Gasteiger partial charge is 0.160 e. The van der Waals surface area contributed by atoms with Crippen LogP contribution < -0.4 is 0 Å². The summed E-state index contributed by atoms with van der Waals surface area (Å²) in [5.74, 6) is 0. The van der Waals surface area contributed by atoms with Crippen LogP contribution in [0.4, 0.5) is 0 Å². The van der Waals surface area contributed by atoms with Crippen LogP contribution in [-0.4, -0.2) is 18.3 Å². The van der Waals surface area contributed by atoms with E-state index in [1.165, 1.54) is 0 Å². The number of furan rings is 1. The van der Waals surface area contributed by atoms with Gasteiger partial charge in [0.2, 0.25) is 0 Å². The number of para-hydroxylation sites is 2. The van der Waals surface area contributed by atoms with E-state index >= 15 is 0 Å². The molecule has 0 spiro atoms. The van der Waals surface area contributed by atoms with Gasteiger partial charge in [-0.3, -0.25) is 0 Å². The SMILES string of the molecule is Cc1ccc2c3ccc(C)cc3n(-c3c(C#N)c(-n4c5cc(C)ccc5c5ccc(C)cc54)c(-n4c5ccccc5c5ccc6c7ccccc7oc6c54)c(C#N)c3-n3c4cc(C)ccc4c4ccc(C)cc43)c2c1. The van der Waals surface area contributed by atoms with Crippen molar-refractivity contribution in [3.05, 3.63) is 214 Å². The topological polar surface area (TPSA) is 80.4 Å². The molecule has 0 unspecified atom stereocenters. The zero-order valence-corrected chi connectivity index (χ0v) is 42.3. The fourth-order valence-corrected chi connectivity index (χ4v) is 12.7. The molecular formula is C68H46N6O. The summed E-state index contributed by atoms with van der Waals surface area (Å²) in [7, 11) is 0. The predicted molar refractivity (Wildman–Crippen MR) is 309 cm³/mol. The van der Waals surface area contributed by atoms with Crippen LogP contribution in [-0.2, 0) is 0 Å². The number of aromatic nitrogens is 4. The largest absolute Gasteiger partial charge is 0.454 e. The lowest BCUT2D eigenvalue weighted by Crippen LogP contribution is -2.17. The van der Waals surface area contributed by atoms with Crippen LogP contribution in [0, 0.1) is 64.2 Å². The van der Waals surface area contributed by atoms with Crippen molar-refractivity contribution in [1.82, 2.24) is 18.3 Å². The maximum atomic E-state index is 12.9. The molecule has 15 aromatic rings. The summed E-state index contributed by atoms with van der Waals surface area (Å²) in [6, 6.07) is 66.5. The Hall–Kier alpha value is -9.82. The molecule has 5 heterocycles. The molecule has 75 heavy (non-hydrogen) atoms. The van der Waals surface area contributed by atoms with Gasteiger partial charge in [0.05, 0.1) is 66.9 Å². The molecular weight excluding hydrogens is 917 g/mol. The quantitative estimate of drug-likeness (QED) is 0.176. The van der Waals surface area contributed by atoms with E-state index in [4.69, 9.17) is 4.42 Å². The third-order valence-electron chi connectivity index (χ3n) is 15.9. The molecule has 0 saturated carbocycles. The second-order valence-electron chi connectivity index (χ2n) is 20.8. The van der Waals surface area contributed by atoms with Gasteiger partial charge in [-0.05, 0) is 130 Å². The van der Waals surface area contributed by atoms with Gasteiger partial charge in [-0.2, -0.15) is 10.5 Å². The van der Waals surface area contributed by atoms with Gasteiger partial charge in [-0.15, -0.1) is 0 Å². The molecule has 15 rings (SSSR count). The number of nitrogens with zero attached hydrogens (tertiary/aromatic N) is 6. The summed E-state index contributed by atoms with van der Waals surface area (Å²) < 4.78 is 16.2. The van der Waals surface area contributed by atoms with E-state index in [2.05, 4.69) is 224 Å². The fraction of sp³-hybridized carbons (Fsp3) is 0.0882. The Morgan fingerprint density at radius 1 is 0.307 bits per heavy atom. The van der Waals surface area contributed by atoms with Gasteiger partial charge in [-0.1, -0.05) is 115 Å². The summed E-state index contributed by atoms with van der Waals surface area (Å²) in [5.41, 5.74) is 18.5. The van der Waals surface area contributed by atoms with Crippen LogP contribution >= 0.6 is 0 Å². The average Bonchev–Trinajstić information content (AvgIpc) is 4.35. The van der Waals surface area contributed by atoms with Crippen LogP contribution in [0.1, 0.15) is 44.5 Å². The second kappa shape index (κ2) is 15.4. The van der Waals surface area contributed by atoms with Gasteiger partial charge < -0.3 is 22.7 Å². The molecule has 0 aliphatic heterocycles. The Balaban J connectivity index is 1.31. The summed E-state index contributed by atoms with van der Waals surface area (Å²) in [4.78, 5) is 0. The number of aryl methyl sites for hydroxylation is 6. The summed E-state index contributed by atoms with van der Waals surface area (Å²) in [6.07, 6.45) is 0. The molecule has 354 valence electrons. The van der Waals surface area contributed by atoms with Crippen molar-refractivity contribution in [2.24, 2.45) is 0 Å². The van der Waals surface area contributed by atoms with Gasteiger partial charge in [0.25, 0.3) is 0 Å². The summed E-state index contributed by atoms with van der Waals surface area (Å²) in [5, 5.41) is 35.9. The third-order valence-corrected chi connectivity index (χ3v) is 15.9. The van der Waals surface area contributed by atoms with Gasteiger partial charge in [0.15, 0.2) is 5.58 Å². The Kier molecular flexibility index (Phi) is 8.77. The van der Waals surface area contributed by atoms with Crippen LogP contribution in [0.3, 0.4) is 0 Å². The van der Waals surface area contributed by atoms with Crippen LogP contribution in [0.2, 0.25) is 0 Å². The number of nitriles is 2. The van der Waals surface area contributed by atoms with Crippen molar-refractivity contribution >= 4 is 109 Å². The van der Waals surface area contributed by atoms with E-state index in [1.54, 1.807) is 0 Å². The Bertz CT molecular complexity index is 4990. The lowest BCUT2D eigenvalue weighted by atomic mass is 9.98. The van der Waals surface area contributed by atoms with Crippen molar-refractivity contribution in [2.45, 2.75) is 41.5 Å². The van der Waals surface area contributed by atoms with Gasteiger partial charge in [0, 0.05) is 53.9 Å². The first kappa shape index (κ1) is 42.8. The predicted octanol–water partition coefficient (Wildman–Crippen LogP) is 17.6. The molecule has 5 aromatic heterocycles. The standard InChI is InChI=1S/C68H46N6O/c1-37-15-21-44-45-22-16-38(2)30-57(45)71(56(44)29-37)63-53(35-69)65(73-60-33-41(5)19-25-48(60)49-26-20-42(6)34-61(49)73)66(54(36-70)64(63)72-58-31-39(3)17-23-46(58)47-24-18-40(4)32-59(47)72)74-55-13-9-7-11-43(55)51-27-28-52-50-12-8-10-14-62(50)75-68(52)67(51)74/h7-34H,1-6H3. The Morgan fingerprint density at radius 3 is 1.00 bits per heavy atom. The van der Waals surface area contributed by atoms with E-state index in [9.17, 15) is 10.5 Å². The van der Waals surface area contributed by atoms with E-state index in [0.29, 0.717) is 39.5 Å². The minimum absolute atomic E-state index is 0.405. The molecule has 10 aromatic carbocycles. The molecule has 0 fully saturated rings. The zero-order valence-electron chi connectivity index (χ0n) is 42.3. The number of rotatable bonds is 4. The first-order valence-electron chi connectivity index (χ1n) is 25.5. The zero-order chi connectivity index (χ0) is 50.7. The molecule has 7 nitrogen and oxygen atoms in total. The highest BCUT2D eigenvalue weighted by Crippen LogP contribution is 2.50. The first-order chi connectivity index (χ1) is 36.6. The maximum Gasteiger partial charge on any atom is 0.160 e. The van der Waals surface area contributed by atoms with E-state index in [1.807, 2.05) is 18.2 Å². The monoisotopic (exact) mass is 962 g/mol. The van der Waals surface area contributed by atoms with Gasteiger partial charge in [-0.25, -0.2) is 0 Å². The normalized spacial score (nSPS) is 12.1. The maximum absolute atomic E-state index is 12.9. The van der Waals surface area contributed by atoms with Crippen LogP contribution in [0.15, 0.2) is 174 Å². The highest BCUT2D eigenvalue weighted by atomic mass is 16.3. The van der Waals surface area contributed by atoms with E-state index in [0.717, 1.165) is 137 Å². The van der Waals surface area contributed by atoms with E-state index < -0.39 is 0 Å². The first-order valence-corrected chi connectivity index (χ1v) is 25.5. The second-order valence-corrected chi connectivity index (χ2v) is 20.8. The Labute approximate surface area is 431 Å². The lowest BCUT2D eigenvalue weighted by Gasteiger charge is -2.27. The van der Waals surface area contributed by atoms with Gasteiger partial charge >= 0.3 is 0 Å². The molecule has 0 N–H and O–H groups in total. The van der Waals surface area contributed by atoms with Crippen molar-refractivity contribution in [3.8, 4) is 34.9 Å². The minimum atomic E-state index is 0.405. The van der Waals surface area contributed by atoms with Crippen LogP contribution in [0.25, 0.3) is 132 Å².